The van der Waals surface area contributed by atoms with Gasteiger partial charge in [-0.05, 0) is 41.3 Å². The van der Waals surface area contributed by atoms with Crippen molar-refractivity contribution in [2.75, 3.05) is 0 Å². The first kappa shape index (κ1) is 19.7. The first-order valence-electron chi connectivity index (χ1n) is 8.97. The minimum atomic E-state index is -0.375. The van der Waals surface area contributed by atoms with Gasteiger partial charge in [0, 0.05) is 27.2 Å². The molecule has 4 heterocycles. The van der Waals surface area contributed by atoms with Crippen LogP contribution in [-0.2, 0) is 12.3 Å². The van der Waals surface area contributed by atoms with Gasteiger partial charge in [0.05, 0.1) is 12.1 Å². The van der Waals surface area contributed by atoms with E-state index in [-0.39, 0.29) is 11.4 Å². The van der Waals surface area contributed by atoms with Gasteiger partial charge in [-0.3, -0.25) is 9.36 Å². The normalized spacial score (nSPS) is 11.5. The van der Waals surface area contributed by atoms with E-state index < -0.39 is 0 Å². The molecule has 0 aliphatic carbocycles. The quantitative estimate of drug-likeness (QED) is 0.225. The van der Waals surface area contributed by atoms with Gasteiger partial charge >= 0.3 is 0 Å². The van der Waals surface area contributed by atoms with E-state index in [0.717, 1.165) is 20.7 Å². The molecule has 30 heavy (non-hydrogen) atoms. The second kappa shape index (κ2) is 8.11. The third-order valence-corrected chi connectivity index (χ3v) is 7.91. The van der Waals surface area contributed by atoms with Crippen LogP contribution in [-0.4, -0.2) is 14.5 Å². The van der Waals surface area contributed by atoms with Crippen LogP contribution in [0.2, 0.25) is 5.02 Å². The molecule has 0 aliphatic heterocycles. The van der Waals surface area contributed by atoms with E-state index in [1.165, 1.54) is 35.2 Å². The van der Waals surface area contributed by atoms with E-state index in [9.17, 15) is 9.18 Å². The molecule has 5 rings (SSSR count). The van der Waals surface area contributed by atoms with Gasteiger partial charge in [0.25, 0.3) is 5.56 Å². The zero-order chi connectivity index (χ0) is 20.7. The predicted octanol–water partition coefficient (Wildman–Crippen LogP) is 6.20. The highest BCUT2D eigenvalue weighted by molar-refractivity contribution is 7.98. The summed E-state index contributed by atoms with van der Waals surface area (Å²) in [6.45, 7) is 0.445. The molecule has 4 aromatic heterocycles. The summed E-state index contributed by atoms with van der Waals surface area (Å²) in [4.78, 5) is 24.5. The summed E-state index contributed by atoms with van der Waals surface area (Å²) >= 11 is 10.6. The second-order valence-electron chi connectivity index (χ2n) is 6.53. The highest BCUT2D eigenvalue weighted by Gasteiger charge is 2.18. The number of rotatable bonds is 5. The Morgan fingerprint density at radius 1 is 1.20 bits per heavy atom. The predicted molar refractivity (Wildman–Crippen MR) is 124 cm³/mol. The number of pyridine rings is 1. The summed E-state index contributed by atoms with van der Waals surface area (Å²) in [7, 11) is 0. The van der Waals surface area contributed by atoms with Crippen molar-refractivity contribution >= 4 is 66.5 Å². The highest BCUT2D eigenvalue weighted by Crippen LogP contribution is 2.32. The molecule has 0 radical (unpaired) electrons. The van der Waals surface area contributed by atoms with Crippen molar-refractivity contribution < 1.29 is 4.39 Å². The molecule has 0 saturated heterocycles. The van der Waals surface area contributed by atoms with E-state index in [1.54, 1.807) is 28.2 Å². The van der Waals surface area contributed by atoms with Gasteiger partial charge in [0.15, 0.2) is 5.16 Å². The van der Waals surface area contributed by atoms with Crippen LogP contribution < -0.4 is 5.56 Å². The van der Waals surface area contributed by atoms with Gasteiger partial charge in [-0.15, -0.1) is 22.7 Å². The number of thioether (sulfide) groups is 1. The van der Waals surface area contributed by atoms with Crippen molar-refractivity contribution in [3.05, 3.63) is 85.7 Å². The van der Waals surface area contributed by atoms with Crippen molar-refractivity contribution in [1.29, 1.82) is 0 Å². The number of aromatic nitrogens is 3. The van der Waals surface area contributed by atoms with Crippen LogP contribution in [0.4, 0.5) is 4.39 Å². The fourth-order valence-electron chi connectivity index (χ4n) is 3.13. The van der Waals surface area contributed by atoms with E-state index in [2.05, 4.69) is 4.98 Å². The standard InChI is InChI=1S/C21H13ClFN3OS3/c22-16-9-13(23)6-5-12(16)11-29-21-25-17-15-4-1-7-24-19(15)30-18(17)20(27)26(21)10-14-3-2-8-28-14/h1-9H,10-11H2. The number of hydrogen-bond acceptors (Lipinski definition) is 6. The van der Waals surface area contributed by atoms with Gasteiger partial charge in [0.1, 0.15) is 15.3 Å². The Labute approximate surface area is 188 Å². The van der Waals surface area contributed by atoms with Crippen molar-refractivity contribution in [2.45, 2.75) is 17.5 Å². The van der Waals surface area contributed by atoms with Crippen LogP contribution in [0.5, 0.6) is 0 Å². The van der Waals surface area contributed by atoms with Crippen LogP contribution in [0.1, 0.15) is 10.4 Å². The van der Waals surface area contributed by atoms with Gasteiger partial charge in [0.2, 0.25) is 0 Å². The SMILES string of the molecule is O=c1c2sc3ncccc3c2nc(SCc2ccc(F)cc2Cl)n1Cc1cccs1. The molecule has 0 bridgehead atoms. The molecule has 0 atom stereocenters. The average Bonchev–Trinajstić information content (AvgIpc) is 3.38. The molecule has 9 heteroatoms. The summed E-state index contributed by atoms with van der Waals surface area (Å²) in [5.41, 5.74) is 1.38. The highest BCUT2D eigenvalue weighted by atomic mass is 35.5. The van der Waals surface area contributed by atoms with E-state index in [1.807, 2.05) is 29.6 Å². The molecule has 5 aromatic rings. The van der Waals surface area contributed by atoms with E-state index >= 15 is 0 Å². The molecule has 1 aromatic carbocycles. The molecular weight excluding hydrogens is 461 g/mol. The summed E-state index contributed by atoms with van der Waals surface area (Å²) in [6, 6.07) is 12.1. The number of halogens is 2. The molecule has 150 valence electrons. The number of benzene rings is 1. The molecule has 0 amide bonds. The maximum Gasteiger partial charge on any atom is 0.272 e. The van der Waals surface area contributed by atoms with Crippen molar-refractivity contribution in [3.63, 3.8) is 0 Å². The van der Waals surface area contributed by atoms with Crippen LogP contribution in [0, 0.1) is 5.82 Å². The Balaban J connectivity index is 1.63. The number of fused-ring (bicyclic) bond motifs is 3. The Morgan fingerprint density at radius 2 is 2.10 bits per heavy atom. The van der Waals surface area contributed by atoms with Gasteiger partial charge in [-0.25, -0.2) is 14.4 Å². The Bertz CT molecular complexity index is 1430. The fraction of sp³-hybridized carbons (Fsp3) is 0.0952. The van der Waals surface area contributed by atoms with Crippen molar-refractivity contribution in [3.8, 4) is 0 Å². The maximum absolute atomic E-state index is 13.4. The smallest absolute Gasteiger partial charge is 0.272 e. The fourth-order valence-corrected chi connectivity index (χ4v) is 6.16. The molecule has 0 saturated carbocycles. The first-order chi connectivity index (χ1) is 14.6. The van der Waals surface area contributed by atoms with Crippen LogP contribution in [0.3, 0.4) is 0 Å². The molecule has 0 N–H and O–H groups in total. The molecule has 0 fully saturated rings. The average molecular weight is 474 g/mol. The summed E-state index contributed by atoms with van der Waals surface area (Å²) < 4.78 is 15.7. The van der Waals surface area contributed by atoms with E-state index in [4.69, 9.17) is 16.6 Å². The lowest BCUT2D eigenvalue weighted by atomic mass is 10.2. The maximum atomic E-state index is 13.4. The zero-order valence-corrected chi connectivity index (χ0v) is 18.5. The van der Waals surface area contributed by atoms with E-state index in [0.29, 0.717) is 32.7 Å². The minimum absolute atomic E-state index is 0.0795. The molecular formula is C21H13ClFN3OS3. The van der Waals surface area contributed by atoms with Crippen molar-refractivity contribution in [2.24, 2.45) is 0 Å². The van der Waals surface area contributed by atoms with Crippen molar-refractivity contribution in [1.82, 2.24) is 14.5 Å². The third-order valence-electron chi connectivity index (χ3n) is 4.58. The second-order valence-corrected chi connectivity index (χ2v) is 9.91. The Kier molecular flexibility index (Phi) is 5.32. The number of hydrogen-bond donors (Lipinski definition) is 0. The van der Waals surface area contributed by atoms with Crippen LogP contribution in [0.25, 0.3) is 20.4 Å². The van der Waals surface area contributed by atoms with Gasteiger partial charge in [-0.2, -0.15) is 0 Å². The zero-order valence-electron chi connectivity index (χ0n) is 15.3. The summed E-state index contributed by atoms with van der Waals surface area (Å²) in [6.07, 6.45) is 1.72. The Morgan fingerprint density at radius 3 is 2.90 bits per heavy atom. The Hall–Kier alpha value is -2.26. The number of nitrogens with zero attached hydrogens (tertiary/aromatic N) is 3. The number of thiophene rings is 2. The molecule has 0 unspecified atom stereocenters. The lowest BCUT2D eigenvalue weighted by molar-refractivity contribution is 0.627. The lowest BCUT2D eigenvalue weighted by Crippen LogP contribution is -2.22. The lowest BCUT2D eigenvalue weighted by Gasteiger charge is -2.12. The molecule has 4 nitrogen and oxygen atoms in total. The largest absolute Gasteiger partial charge is 0.281 e. The summed E-state index contributed by atoms with van der Waals surface area (Å²) in [5.74, 6) is 0.0992. The topological polar surface area (TPSA) is 47.8 Å². The van der Waals surface area contributed by atoms with Crippen LogP contribution in [0.15, 0.2) is 64.0 Å². The van der Waals surface area contributed by atoms with Gasteiger partial charge < -0.3 is 0 Å². The summed E-state index contributed by atoms with van der Waals surface area (Å²) in [5, 5.41) is 3.83. The first-order valence-corrected chi connectivity index (χ1v) is 12.0. The van der Waals surface area contributed by atoms with Crippen LogP contribution >= 0.6 is 46.0 Å². The molecule has 0 aliphatic rings. The third kappa shape index (κ3) is 3.65. The minimum Gasteiger partial charge on any atom is -0.281 e. The molecule has 0 spiro atoms. The monoisotopic (exact) mass is 473 g/mol. The van der Waals surface area contributed by atoms with Gasteiger partial charge in [-0.1, -0.05) is 35.5 Å².